The van der Waals surface area contributed by atoms with E-state index in [0.29, 0.717) is 42.5 Å². The molecule has 2 aliphatic rings. The van der Waals surface area contributed by atoms with Crippen molar-refractivity contribution in [2.75, 3.05) is 26.5 Å². The van der Waals surface area contributed by atoms with E-state index in [1.54, 1.807) is 12.3 Å². The molecule has 1 aromatic heterocycles. The van der Waals surface area contributed by atoms with Crippen LogP contribution < -0.4 is 20.5 Å². The number of carbonyl (C=O) groups is 2. The second-order valence-corrected chi connectivity index (χ2v) is 12.0. The van der Waals surface area contributed by atoms with E-state index < -0.39 is 39.9 Å². The van der Waals surface area contributed by atoms with E-state index in [2.05, 4.69) is 15.3 Å². The molecule has 1 amide bonds. The Morgan fingerprint density at radius 1 is 1.07 bits per heavy atom. The number of carbonyl (C=O) groups excluding carboxylic acids is 2. The predicted molar refractivity (Wildman–Crippen MR) is 162 cm³/mol. The average Bonchev–Trinajstić information content (AvgIpc) is 3.93. The molecule has 0 aliphatic heterocycles. The van der Waals surface area contributed by atoms with Gasteiger partial charge in [0.2, 0.25) is 0 Å². The summed E-state index contributed by atoms with van der Waals surface area (Å²) < 4.78 is 54.1. The summed E-state index contributed by atoms with van der Waals surface area (Å²) in [6, 6.07) is 5.81. The predicted octanol–water partition coefficient (Wildman–Crippen LogP) is 4.85. The van der Waals surface area contributed by atoms with E-state index in [-0.39, 0.29) is 52.5 Å². The highest BCUT2D eigenvalue weighted by molar-refractivity contribution is 6.00. The van der Waals surface area contributed by atoms with Crippen LogP contribution in [0.1, 0.15) is 66.7 Å². The molecule has 4 N–H and O–H groups in total. The molecule has 1 heterocycles. The SMILES string of the molecule is COc1cc(C(=O)NC[C@](C=O)(c2cc(C(C)(C)O)c(OC)c(-c3cc(F)c(F)cc3F)n2)C2CC2)cc(C=NC2CC2)c1N. The number of nitrogens with one attached hydrogen (secondary N) is 1. The maximum atomic E-state index is 15.1. The molecule has 12 heteroatoms. The highest BCUT2D eigenvalue weighted by atomic mass is 19.2. The normalized spacial score (nSPS) is 16.4. The summed E-state index contributed by atoms with van der Waals surface area (Å²) in [5.74, 6) is -4.40. The van der Waals surface area contributed by atoms with Crippen molar-refractivity contribution in [1.29, 1.82) is 0 Å². The number of aromatic nitrogens is 1. The molecular weight excluding hydrogens is 589 g/mol. The number of halogens is 3. The number of ether oxygens (including phenoxy) is 2. The summed E-state index contributed by atoms with van der Waals surface area (Å²) in [6.45, 7) is 2.71. The fraction of sp³-hybridized carbons (Fsp3) is 0.394. The quantitative estimate of drug-likeness (QED) is 0.113. The summed E-state index contributed by atoms with van der Waals surface area (Å²) in [4.78, 5) is 35.6. The first-order valence-electron chi connectivity index (χ1n) is 14.6. The summed E-state index contributed by atoms with van der Waals surface area (Å²) >= 11 is 0. The van der Waals surface area contributed by atoms with Crippen molar-refractivity contribution in [3.8, 4) is 22.8 Å². The minimum absolute atomic E-state index is 0.0786. The van der Waals surface area contributed by atoms with Crippen molar-refractivity contribution < 1.29 is 37.3 Å². The second-order valence-electron chi connectivity index (χ2n) is 12.0. The monoisotopic (exact) mass is 624 g/mol. The molecule has 0 bridgehead atoms. The fourth-order valence-electron chi connectivity index (χ4n) is 5.35. The number of aliphatic hydroxyl groups is 1. The van der Waals surface area contributed by atoms with Crippen LogP contribution in [-0.4, -0.2) is 55.3 Å². The van der Waals surface area contributed by atoms with Crippen LogP contribution >= 0.6 is 0 Å². The Labute approximate surface area is 258 Å². The van der Waals surface area contributed by atoms with Gasteiger partial charge in [-0.1, -0.05) is 0 Å². The van der Waals surface area contributed by atoms with Gasteiger partial charge in [-0.25, -0.2) is 18.2 Å². The van der Waals surface area contributed by atoms with E-state index >= 15 is 4.39 Å². The summed E-state index contributed by atoms with van der Waals surface area (Å²) in [7, 11) is 2.70. The zero-order chi connectivity index (χ0) is 32.7. The van der Waals surface area contributed by atoms with Gasteiger partial charge in [0.25, 0.3) is 5.91 Å². The van der Waals surface area contributed by atoms with Crippen molar-refractivity contribution in [3.05, 3.63) is 70.2 Å². The Morgan fingerprint density at radius 2 is 1.76 bits per heavy atom. The van der Waals surface area contributed by atoms with Crippen LogP contribution in [0.5, 0.6) is 11.5 Å². The summed E-state index contributed by atoms with van der Waals surface area (Å²) in [5.41, 5.74) is 3.86. The Bertz CT molecular complexity index is 1680. The molecule has 2 fully saturated rings. The number of amides is 1. The molecule has 9 nitrogen and oxygen atoms in total. The van der Waals surface area contributed by atoms with E-state index in [0.717, 1.165) is 12.8 Å². The Kier molecular flexibility index (Phi) is 8.63. The molecule has 0 spiro atoms. The van der Waals surface area contributed by atoms with Crippen LogP contribution in [0.25, 0.3) is 11.3 Å². The van der Waals surface area contributed by atoms with Crippen LogP contribution in [-0.2, 0) is 15.8 Å². The molecule has 2 aromatic carbocycles. The number of rotatable bonds is 12. The number of aldehydes is 1. The van der Waals surface area contributed by atoms with Crippen LogP contribution in [0, 0.1) is 23.4 Å². The van der Waals surface area contributed by atoms with Gasteiger partial charge in [-0.05, 0) is 69.7 Å². The number of anilines is 1. The Morgan fingerprint density at radius 3 is 2.33 bits per heavy atom. The maximum absolute atomic E-state index is 15.1. The molecule has 5 rings (SSSR count). The van der Waals surface area contributed by atoms with Gasteiger partial charge in [-0.3, -0.25) is 9.79 Å². The lowest BCUT2D eigenvalue weighted by atomic mass is 9.78. The zero-order valence-corrected chi connectivity index (χ0v) is 25.4. The van der Waals surface area contributed by atoms with Crippen molar-refractivity contribution in [2.45, 2.75) is 56.6 Å². The minimum Gasteiger partial charge on any atom is -0.495 e. The van der Waals surface area contributed by atoms with Crippen LogP contribution in [0.3, 0.4) is 0 Å². The van der Waals surface area contributed by atoms with Crippen LogP contribution in [0.4, 0.5) is 18.9 Å². The third-order valence-corrected chi connectivity index (χ3v) is 8.26. The lowest BCUT2D eigenvalue weighted by Gasteiger charge is -2.31. The van der Waals surface area contributed by atoms with Crippen molar-refractivity contribution >= 4 is 24.1 Å². The second kappa shape index (κ2) is 12.2. The lowest BCUT2D eigenvalue weighted by Crippen LogP contribution is -2.45. The van der Waals surface area contributed by atoms with Gasteiger partial charge in [0.1, 0.15) is 23.5 Å². The first-order chi connectivity index (χ1) is 21.3. The minimum atomic E-state index is -1.59. The lowest BCUT2D eigenvalue weighted by molar-refractivity contribution is -0.113. The van der Waals surface area contributed by atoms with Gasteiger partial charge in [-0.2, -0.15) is 0 Å². The molecule has 0 unspecified atom stereocenters. The standard InChI is InChI=1S/C33H35F3N4O5/c1-32(2,43)22-12-27(40-29(30(22)45-4)21-11-24(35)25(36)13-23(21)34)33(16-41,19-5-6-19)15-39-31(42)17-9-18(14-38-20-7-8-20)28(37)26(10-17)44-3/h9-14,16,19-20,43H,5-8,15,37H2,1-4H3,(H,39,42)/t33-/m1/s1. The van der Waals surface area contributed by atoms with Crippen LogP contribution in [0.15, 0.2) is 35.3 Å². The Hall–Kier alpha value is -4.45. The number of methoxy groups -OCH3 is 2. The number of pyridine rings is 1. The topological polar surface area (TPSA) is 136 Å². The number of nitrogen functional groups attached to an aromatic ring is 1. The average molecular weight is 625 g/mol. The molecule has 2 saturated carbocycles. The highest BCUT2D eigenvalue weighted by Gasteiger charge is 2.49. The fourth-order valence-corrected chi connectivity index (χ4v) is 5.35. The largest absolute Gasteiger partial charge is 0.495 e. The van der Waals surface area contributed by atoms with Crippen molar-refractivity contribution in [2.24, 2.45) is 10.9 Å². The third kappa shape index (κ3) is 6.37. The maximum Gasteiger partial charge on any atom is 0.251 e. The zero-order valence-electron chi connectivity index (χ0n) is 25.4. The van der Waals surface area contributed by atoms with Crippen molar-refractivity contribution in [1.82, 2.24) is 10.3 Å². The molecule has 1 atom stereocenters. The van der Waals surface area contributed by atoms with E-state index in [9.17, 15) is 23.5 Å². The first kappa shape index (κ1) is 32.0. The van der Waals surface area contributed by atoms with Gasteiger partial charge in [0.15, 0.2) is 17.4 Å². The van der Waals surface area contributed by atoms with Crippen LogP contribution in [0.2, 0.25) is 0 Å². The van der Waals surface area contributed by atoms with Gasteiger partial charge >= 0.3 is 0 Å². The van der Waals surface area contributed by atoms with E-state index in [4.69, 9.17) is 15.2 Å². The van der Waals surface area contributed by atoms with Gasteiger partial charge < -0.3 is 30.4 Å². The Balaban J connectivity index is 1.58. The van der Waals surface area contributed by atoms with Gasteiger partial charge in [0.05, 0.1) is 42.7 Å². The number of nitrogens with two attached hydrogens (primary N) is 1. The van der Waals surface area contributed by atoms with Crippen molar-refractivity contribution in [3.63, 3.8) is 0 Å². The molecule has 238 valence electrons. The number of aliphatic imine (C=N–C) groups is 1. The van der Waals surface area contributed by atoms with Gasteiger partial charge in [-0.15, -0.1) is 0 Å². The molecule has 0 saturated heterocycles. The molecule has 2 aliphatic carbocycles. The summed E-state index contributed by atoms with van der Waals surface area (Å²) in [6.07, 6.45) is 5.53. The number of hydrogen-bond acceptors (Lipinski definition) is 8. The highest BCUT2D eigenvalue weighted by Crippen LogP contribution is 2.48. The van der Waals surface area contributed by atoms with E-state index in [1.807, 2.05) is 0 Å². The number of nitrogens with zero attached hydrogens (tertiary/aromatic N) is 2. The third-order valence-electron chi connectivity index (χ3n) is 8.26. The number of hydrogen-bond donors (Lipinski definition) is 3. The van der Waals surface area contributed by atoms with E-state index in [1.165, 1.54) is 40.2 Å². The molecular formula is C33H35F3N4O5. The molecule has 0 radical (unpaired) electrons. The number of benzene rings is 2. The van der Waals surface area contributed by atoms with Gasteiger partial charge in [0, 0.05) is 41.1 Å². The smallest absolute Gasteiger partial charge is 0.251 e. The molecule has 45 heavy (non-hydrogen) atoms. The first-order valence-corrected chi connectivity index (χ1v) is 14.6. The summed E-state index contributed by atoms with van der Waals surface area (Å²) in [5, 5.41) is 13.9. The molecule has 3 aromatic rings.